The van der Waals surface area contributed by atoms with Gasteiger partial charge in [0.15, 0.2) is 11.8 Å². The van der Waals surface area contributed by atoms with Gasteiger partial charge >= 0.3 is 11.9 Å². The second-order valence-corrected chi connectivity index (χ2v) is 8.26. The van der Waals surface area contributed by atoms with Crippen molar-refractivity contribution in [3.05, 3.63) is 57.7 Å². The minimum atomic E-state index is -1.02. The normalized spacial score (nSPS) is 11.7. The summed E-state index contributed by atoms with van der Waals surface area (Å²) in [5.74, 6) is -1.59. The molecule has 0 aliphatic rings. The summed E-state index contributed by atoms with van der Waals surface area (Å²) in [6.07, 6.45) is -1.24. The van der Waals surface area contributed by atoms with Gasteiger partial charge in [0.1, 0.15) is 5.01 Å². The van der Waals surface area contributed by atoms with Crippen LogP contribution in [0, 0.1) is 0 Å². The van der Waals surface area contributed by atoms with Crippen LogP contribution in [0.2, 0.25) is 0 Å². The molecule has 0 spiro atoms. The van der Waals surface area contributed by atoms with Gasteiger partial charge in [-0.3, -0.25) is 4.79 Å². The average Bonchev–Trinajstić information content (AvgIpc) is 3.39. The Balaban J connectivity index is 1.55. The van der Waals surface area contributed by atoms with E-state index < -0.39 is 23.9 Å². The Morgan fingerprint density at radius 2 is 1.70 bits per heavy atom. The molecule has 0 saturated heterocycles. The fraction of sp³-hybridized carbons (Fsp3) is 0.238. The molecule has 0 bridgehead atoms. The molecule has 7 nitrogen and oxygen atoms in total. The quantitative estimate of drug-likeness (QED) is 0.534. The maximum atomic E-state index is 12.3. The topological polar surface area (TPSA) is 94.6 Å². The van der Waals surface area contributed by atoms with E-state index in [1.54, 1.807) is 54.8 Å². The Kier molecular flexibility index (Phi) is 6.96. The first kappa shape index (κ1) is 21.7. The Bertz CT molecular complexity index is 1030. The molecule has 2 heterocycles. The van der Waals surface area contributed by atoms with E-state index in [2.05, 4.69) is 10.3 Å². The van der Waals surface area contributed by atoms with E-state index >= 15 is 0 Å². The van der Waals surface area contributed by atoms with Crippen LogP contribution in [-0.2, 0) is 14.3 Å². The minimum absolute atomic E-state index is 0.161. The molecule has 0 radical (unpaired) electrons. The number of esters is 2. The number of amides is 1. The number of aromatic nitrogens is 1. The van der Waals surface area contributed by atoms with E-state index in [0.717, 1.165) is 10.6 Å². The molecule has 3 rings (SSSR count). The highest BCUT2D eigenvalue weighted by Gasteiger charge is 2.21. The van der Waals surface area contributed by atoms with Gasteiger partial charge in [-0.15, -0.1) is 11.3 Å². The van der Waals surface area contributed by atoms with Crippen LogP contribution < -0.4 is 5.32 Å². The van der Waals surface area contributed by atoms with Gasteiger partial charge in [0.25, 0.3) is 5.91 Å². The van der Waals surface area contributed by atoms with Crippen molar-refractivity contribution in [3.63, 3.8) is 0 Å². The number of carbonyl (C=O) groups excluding carboxylic acids is 3. The first-order valence-electron chi connectivity index (χ1n) is 9.14. The van der Waals surface area contributed by atoms with E-state index in [1.165, 1.54) is 18.3 Å². The molecule has 1 amide bonds. The van der Waals surface area contributed by atoms with E-state index in [9.17, 15) is 14.4 Å². The lowest BCUT2D eigenvalue weighted by atomic mass is 10.2. The zero-order valence-corrected chi connectivity index (χ0v) is 18.2. The predicted octanol–water partition coefficient (Wildman–Crippen LogP) is 4.62. The highest BCUT2D eigenvalue weighted by molar-refractivity contribution is 7.14. The predicted molar refractivity (Wildman–Crippen MR) is 116 cm³/mol. The molecule has 0 aliphatic heterocycles. The standard InChI is InChI=1S/C21H20N2O5S2/c1-12(2)27-20(25)14-4-6-16(7-5-14)22-18(24)13(3)28-21(26)17-11-30-19(23-17)15-8-9-29-10-15/h4-13H,1-3H3,(H,22,24)/t13-/m1/s1. The number of hydrogen-bond acceptors (Lipinski definition) is 8. The van der Waals surface area contributed by atoms with Crippen molar-refractivity contribution in [2.45, 2.75) is 33.0 Å². The summed E-state index contributed by atoms with van der Waals surface area (Å²) in [6.45, 7) is 5.02. The number of benzene rings is 1. The van der Waals surface area contributed by atoms with Gasteiger partial charge in [-0.25, -0.2) is 14.6 Å². The average molecular weight is 445 g/mol. The fourth-order valence-electron chi connectivity index (χ4n) is 2.38. The van der Waals surface area contributed by atoms with Gasteiger partial charge in [-0.05, 0) is 56.5 Å². The summed E-state index contributed by atoms with van der Waals surface area (Å²) in [5, 5.41) is 8.85. The Morgan fingerprint density at radius 3 is 2.33 bits per heavy atom. The SMILES string of the molecule is CC(C)OC(=O)c1ccc(NC(=O)[C@@H](C)OC(=O)c2csc(-c3ccsc3)n2)cc1. The van der Waals surface area contributed by atoms with Crippen LogP contribution in [-0.4, -0.2) is 35.0 Å². The molecule has 1 N–H and O–H groups in total. The Hall–Kier alpha value is -3.04. The van der Waals surface area contributed by atoms with Gasteiger partial charge in [-0.2, -0.15) is 11.3 Å². The van der Waals surface area contributed by atoms with Crippen LogP contribution >= 0.6 is 22.7 Å². The summed E-state index contributed by atoms with van der Waals surface area (Å²) >= 11 is 2.88. The highest BCUT2D eigenvalue weighted by atomic mass is 32.1. The van der Waals surface area contributed by atoms with Crippen molar-refractivity contribution in [2.24, 2.45) is 0 Å². The Labute approximate surface area is 181 Å². The molecule has 0 fully saturated rings. The van der Waals surface area contributed by atoms with Crippen molar-refractivity contribution in [2.75, 3.05) is 5.32 Å². The van der Waals surface area contributed by atoms with Gasteiger partial charge in [0.2, 0.25) is 0 Å². The van der Waals surface area contributed by atoms with Crippen LogP contribution in [0.5, 0.6) is 0 Å². The molecule has 1 atom stereocenters. The maximum Gasteiger partial charge on any atom is 0.358 e. The van der Waals surface area contributed by atoms with Gasteiger partial charge in [0.05, 0.1) is 11.7 Å². The van der Waals surface area contributed by atoms with E-state index in [0.29, 0.717) is 11.3 Å². The number of thiazole rings is 1. The monoisotopic (exact) mass is 444 g/mol. The van der Waals surface area contributed by atoms with Crippen LogP contribution in [0.4, 0.5) is 5.69 Å². The third kappa shape index (κ3) is 5.52. The Morgan fingerprint density at radius 1 is 0.967 bits per heavy atom. The summed E-state index contributed by atoms with van der Waals surface area (Å²) in [6, 6.07) is 8.19. The van der Waals surface area contributed by atoms with Crippen molar-refractivity contribution < 1.29 is 23.9 Å². The van der Waals surface area contributed by atoms with Crippen LogP contribution in [0.25, 0.3) is 10.6 Å². The molecule has 1 aromatic carbocycles. The molecule has 0 aliphatic carbocycles. The maximum absolute atomic E-state index is 12.3. The lowest BCUT2D eigenvalue weighted by molar-refractivity contribution is -0.123. The number of anilines is 1. The molecular weight excluding hydrogens is 424 g/mol. The summed E-state index contributed by atoms with van der Waals surface area (Å²) in [4.78, 5) is 40.8. The molecule has 0 unspecified atom stereocenters. The lowest BCUT2D eigenvalue weighted by Gasteiger charge is -2.13. The number of rotatable bonds is 7. The van der Waals surface area contributed by atoms with Gasteiger partial charge in [-0.1, -0.05) is 0 Å². The number of thiophene rings is 1. The fourth-order valence-corrected chi connectivity index (χ4v) is 3.88. The largest absolute Gasteiger partial charge is 0.459 e. The van der Waals surface area contributed by atoms with E-state index in [4.69, 9.17) is 9.47 Å². The molecule has 156 valence electrons. The third-order valence-corrected chi connectivity index (χ3v) is 5.44. The van der Waals surface area contributed by atoms with Crippen molar-refractivity contribution in [1.82, 2.24) is 4.98 Å². The minimum Gasteiger partial charge on any atom is -0.459 e. The number of nitrogens with zero attached hydrogens (tertiary/aromatic N) is 1. The van der Waals surface area contributed by atoms with E-state index in [-0.39, 0.29) is 11.8 Å². The molecule has 30 heavy (non-hydrogen) atoms. The molecule has 0 saturated carbocycles. The lowest BCUT2D eigenvalue weighted by Crippen LogP contribution is -2.30. The molecule has 2 aromatic heterocycles. The smallest absolute Gasteiger partial charge is 0.358 e. The second-order valence-electron chi connectivity index (χ2n) is 6.62. The number of hydrogen-bond donors (Lipinski definition) is 1. The third-order valence-electron chi connectivity index (χ3n) is 3.87. The van der Waals surface area contributed by atoms with Crippen molar-refractivity contribution in [3.8, 4) is 10.6 Å². The summed E-state index contributed by atoms with van der Waals surface area (Å²) in [7, 11) is 0. The highest BCUT2D eigenvalue weighted by Crippen LogP contribution is 2.26. The van der Waals surface area contributed by atoms with Gasteiger partial charge < -0.3 is 14.8 Å². The number of carbonyl (C=O) groups is 3. The second kappa shape index (κ2) is 9.64. The number of ether oxygens (including phenoxy) is 2. The van der Waals surface area contributed by atoms with Gasteiger partial charge in [0, 0.05) is 22.0 Å². The van der Waals surface area contributed by atoms with Crippen molar-refractivity contribution >= 4 is 46.2 Å². The molecule has 3 aromatic rings. The number of nitrogens with one attached hydrogen (secondary N) is 1. The molecule has 9 heteroatoms. The first-order chi connectivity index (χ1) is 14.3. The first-order valence-corrected chi connectivity index (χ1v) is 11.0. The summed E-state index contributed by atoms with van der Waals surface area (Å²) in [5.41, 5.74) is 1.95. The van der Waals surface area contributed by atoms with Crippen LogP contribution in [0.3, 0.4) is 0 Å². The van der Waals surface area contributed by atoms with E-state index in [1.807, 2.05) is 16.8 Å². The van der Waals surface area contributed by atoms with Crippen LogP contribution in [0.15, 0.2) is 46.5 Å². The van der Waals surface area contributed by atoms with Crippen LogP contribution in [0.1, 0.15) is 41.6 Å². The zero-order valence-electron chi connectivity index (χ0n) is 16.6. The summed E-state index contributed by atoms with van der Waals surface area (Å²) < 4.78 is 10.3. The zero-order chi connectivity index (χ0) is 21.7. The van der Waals surface area contributed by atoms with Crippen molar-refractivity contribution in [1.29, 1.82) is 0 Å². The molecular formula is C21H20N2O5S2.